The molecule has 0 unspecified atom stereocenters. The second kappa shape index (κ2) is 9.49. The van der Waals surface area contributed by atoms with Crippen molar-refractivity contribution in [2.24, 2.45) is 0 Å². The lowest BCUT2D eigenvalue weighted by molar-refractivity contribution is 1.54. The molecule has 6 aromatic carbocycles. The van der Waals surface area contributed by atoms with Crippen molar-refractivity contribution < 1.29 is 0 Å². The van der Waals surface area contributed by atoms with Crippen LogP contribution in [0.5, 0.6) is 0 Å². The maximum atomic E-state index is 6.25. The number of anilines is 1. The zero-order valence-electron chi connectivity index (χ0n) is 19.7. The molecular weight excluding hydrogens is 502 g/mol. The summed E-state index contributed by atoms with van der Waals surface area (Å²) in [4.78, 5) is 0. The third-order valence-corrected chi connectivity index (χ3v) is 7.20. The first kappa shape index (κ1) is 22.3. The van der Waals surface area contributed by atoms with E-state index < -0.39 is 0 Å². The van der Waals surface area contributed by atoms with Gasteiger partial charge < -0.3 is 5.73 Å². The van der Waals surface area contributed by atoms with Gasteiger partial charge >= 0.3 is 0 Å². The van der Waals surface area contributed by atoms with E-state index in [-0.39, 0.29) is 0 Å². The van der Waals surface area contributed by atoms with Gasteiger partial charge in [-0.15, -0.1) is 0 Å². The van der Waals surface area contributed by atoms with E-state index >= 15 is 0 Å². The number of hydrogen-bond acceptors (Lipinski definition) is 1. The first-order valence-corrected chi connectivity index (χ1v) is 12.8. The molecule has 6 aromatic rings. The smallest absolute Gasteiger partial charge is 0.0320 e. The summed E-state index contributed by atoms with van der Waals surface area (Å²) in [6.07, 6.45) is 0. The number of benzene rings is 6. The largest absolute Gasteiger partial charge is 0.399 e. The molecule has 0 saturated carbocycles. The molecule has 0 bridgehead atoms. The SMILES string of the molecule is Nc1ccc(-c2ccc(-c3ccc4ccccc4c3)cc2-c2ccc(Br)cc2)c(-c2ccccc2)c1. The number of halogens is 1. The Morgan fingerprint density at radius 3 is 1.72 bits per heavy atom. The van der Waals surface area contributed by atoms with Gasteiger partial charge in [-0.25, -0.2) is 0 Å². The van der Waals surface area contributed by atoms with Crippen LogP contribution in [0.3, 0.4) is 0 Å². The summed E-state index contributed by atoms with van der Waals surface area (Å²) in [6, 6.07) is 47.2. The van der Waals surface area contributed by atoms with Gasteiger partial charge in [-0.2, -0.15) is 0 Å². The van der Waals surface area contributed by atoms with Gasteiger partial charge in [-0.1, -0.05) is 113 Å². The van der Waals surface area contributed by atoms with Gasteiger partial charge in [0.05, 0.1) is 0 Å². The highest BCUT2D eigenvalue weighted by Gasteiger charge is 2.15. The van der Waals surface area contributed by atoms with E-state index in [1.54, 1.807) is 0 Å². The number of fused-ring (bicyclic) bond motifs is 1. The van der Waals surface area contributed by atoms with E-state index in [4.69, 9.17) is 5.73 Å². The lowest BCUT2D eigenvalue weighted by atomic mass is 9.87. The number of hydrogen-bond donors (Lipinski definition) is 1. The van der Waals surface area contributed by atoms with Gasteiger partial charge in [0, 0.05) is 10.2 Å². The van der Waals surface area contributed by atoms with Gasteiger partial charge in [-0.3, -0.25) is 0 Å². The van der Waals surface area contributed by atoms with Crippen LogP contribution in [-0.2, 0) is 0 Å². The molecule has 0 aromatic heterocycles. The molecule has 0 saturated heterocycles. The molecule has 0 amide bonds. The Labute approximate surface area is 220 Å². The van der Waals surface area contributed by atoms with Crippen LogP contribution in [0.2, 0.25) is 0 Å². The Morgan fingerprint density at radius 1 is 0.389 bits per heavy atom. The summed E-state index contributed by atoms with van der Waals surface area (Å²) < 4.78 is 1.07. The standard InChI is InChI=1S/C34H24BrN/c35-29-15-12-25(13-16-29)33-21-28(27-11-10-23-6-4-5-9-26(23)20-27)14-18-31(33)32-19-17-30(36)22-34(32)24-7-2-1-3-8-24/h1-22H,36H2. The van der Waals surface area contributed by atoms with Crippen molar-refractivity contribution in [2.75, 3.05) is 5.73 Å². The average Bonchev–Trinajstić information content (AvgIpc) is 2.93. The van der Waals surface area contributed by atoms with E-state index in [0.29, 0.717) is 0 Å². The van der Waals surface area contributed by atoms with Crippen LogP contribution in [0.15, 0.2) is 138 Å². The molecule has 0 heterocycles. The molecule has 172 valence electrons. The summed E-state index contributed by atoms with van der Waals surface area (Å²) in [5, 5.41) is 2.49. The first-order chi connectivity index (χ1) is 17.7. The van der Waals surface area contributed by atoms with E-state index in [9.17, 15) is 0 Å². The Hall–Kier alpha value is -4.14. The van der Waals surface area contributed by atoms with Crippen molar-refractivity contribution in [3.8, 4) is 44.5 Å². The highest BCUT2D eigenvalue weighted by Crippen LogP contribution is 2.41. The molecule has 36 heavy (non-hydrogen) atoms. The predicted molar refractivity (Wildman–Crippen MR) is 158 cm³/mol. The normalized spacial score (nSPS) is 11.0. The fraction of sp³-hybridized carbons (Fsp3) is 0. The van der Waals surface area contributed by atoms with Crippen molar-refractivity contribution in [1.82, 2.24) is 0 Å². The minimum absolute atomic E-state index is 0.760. The monoisotopic (exact) mass is 525 g/mol. The minimum Gasteiger partial charge on any atom is -0.399 e. The lowest BCUT2D eigenvalue weighted by Crippen LogP contribution is -1.93. The van der Waals surface area contributed by atoms with Gasteiger partial charge in [0.25, 0.3) is 0 Å². The predicted octanol–water partition coefficient (Wildman–Crippen LogP) is 9.85. The topological polar surface area (TPSA) is 26.0 Å². The zero-order valence-corrected chi connectivity index (χ0v) is 21.2. The van der Waals surface area contributed by atoms with Gasteiger partial charge in [0.1, 0.15) is 0 Å². The summed E-state index contributed by atoms with van der Waals surface area (Å²) in [5.41, 5.74) is 16.4. The van der Waals surface area contributed by atoms with Crippen LogP contribution in [-0.4, -0.2) is 0 Å². The highest BCUT2D eigenvalue weighted by atomic mass is 79.9. The molecule has 6 rings (SSSR count). The van der Waals surface area contributed by atoms with Gasteiger partial charge in [-0.05, 0) is 91.7 Å². The molecule has 0 atom stereocenters. The summed E-state index contributed by atoms with van der Waals surface area (Å²) in [5.74, 6) is 0. The van der Waals surface area contributed by atoms with Crippen LogP contribution < -0.4 is 5.73 Å². The lowest BCUT2D eigenvalue weighted by Gasteiger charge is -2.17. The molecule has 0 aliphatic carbocycles. The van der Waals surface area contributed by atoms with Crippen LogP contribution in [0.25, 0.3) is 55.3 Å². The Kier molecular flexibility index (Phi) is 5.88. The fourth-order valence-electron chi connectivity index (χ4n) is 4.85. The number of rotatable bonds is 4. The average molecular weight is 526 g/mol. The zero-order chi connectivity index (χ0) is 24.5. The minimum atomic E-state index is 0.760. The molecule has 0 fully saturated rings. The second-order valence-corrected chi connectivity index (χ2v) is 9.92. The number of nitrogens with two attached hydrogens (primary N) is 1. The third-order valence-electron chi connectivity index (χ3n) is 6.68. The van der Waals surface area contributed by atoms with Crippen molar-refractivity contribution in [3.63, 3.8) is 0 Å². The van der Waals surface area contributed by atoms with Crippen LogP contribution in [0, 0.1) is 0 Å². The molecule has 2 N–H and O–H groups in total. The van der Waals surface area contributed by atoms with E-state index in [1.807, 2.05) is 12.1 Å². The molecule has 0 spiro atoms. The maximum Gasteiger partial charge on any atom is 0.0320 e. The number of nitrogen functional groups attached to an aromatic ring is 1. The van der Waals surface area contributed by atoms with Crippen molar-refractivity contribution in [2.45, 2.75) is 0 Å². The Morgan fingerprint density at radius 2 is 0.944 bits per heavy atom. The van der Waals surface area contributed by atoms with Gasteiger partial charge in [0.2, 0.25) is 0 Å². The van der Waals surface area contributed by atoms with E-state index in [0.717, 1.165) is 21.3 Å². The molecule has 2 heteroatoms. The van der Waals surface area contributed by atoms with Crippen molar-refractivity contribution in [3.05, 3.63) is 138 Å². The molecule has 0 radical (unpaired) electrons. The van der Waals surface area contributed by atoms with Gasteiger partial charge in [0.15, 0.2) is 0 Å². The summed E-state index contributed by atoms with van der Waals surface area (Å²) >= 11 is 3.59. The first-order valence-electron chi connectivity index (χ1n) is 12.0. The van der Waals surface area contributed by atoms with Crippen LogP contribution >= 0.6 is 15.9 Å². The maximum absolute atomic E-state index is 6.25. The van der Waals surface area contributed by atoms with Crippen molar-refractivity contribution >= 4 is 32.4 Å². The molecular formula is C34H24BrN. The van der Waals surface area contributed by atoms with Crippen molar-refractivity contribution in [1.29, 1.82) is 0 Å². The van der Waals surface area contributed by atoms with E-state index in [1.165, 1.54) is 44.2 Å². The summed E-state index contributed by atoms with van der Waals surface area (Å²) in [6.45, 7) is 0. The summed E-state index contributed by atoms with van der Waals surface area (Å²) in [7, 11) is 0. The molecule has 0 aliphatic rings. The molecule has 1 nitrogen and oxygen atoms in total. The third kappa shape index (κ3) is 4.32. The second-order valence-electron chi connectivity index (χ2n) is 9.00. The van der Waals surface area contributed by atoms with E-state index in [2.05, 4.69) is 137 Å². The highest BCUT2D eigenvalue weighted by molar-refractivity contribution is 9.10. The van der Waals surface area contributed by atoms with Crippen LogP contribution in [0.1, 0.15) is 0 Å². The quantitative estimate of drug-likeness (QED) is 0.227. The Balaban J connectivity index is 1.57. The molecule has 0 aliphatic heterocycles. The van der Waals surface area contributed by atoms with Crippen LogP contribution in [0.4, 0.5) is 5.69 Å². The Bertz CT molecular complexity index is 1690. The fourth-order valence-corrected chi connectivity index (χ4v) is 5.11.